The Morgan fingerprint density at radius 2 is 2.10 bits per heavy atom. The monoisotopic (exact) mass is 318 g/mol. The van der Waals surface area contributed by atoms with Gasteiger partial charge in [0, 0.05) is 19.7 Å². The number of rotatable bonds is 9. The fourth-order valence-corrected chi connectivity index (χ4v) is 3.63. The second kappa shape index (κ2) is 8.43. The van der Waals surface area contributed by atoms with Crippen molar-refractivity contribution in [3.8, 4) is 0 Å². The molecule has 0 saturated carbocycles. The lowest BCUT2D eigenvalue weighted by molar-refractivity contribution is 0.171. The van der Waals surface area contributed by atoms with Gasteiger partial charge in [0.05, 0.1) is 11.5 Å². The molecule has 0 amide bonds. The van der Waals surface area contributed by atoms with Gasteiger partial charge >= 0.3 is 0 Å². The molecule has 0 aromatic heterocycles. The Balaban J connectivity index is 3.08. The molecule has 2 N–H and O–H groups in total. The molecule has 0 heterocycles. The van der Waals surface area contributed by atoms with Crippen LogP contribution in [0.1, 0.15) is 25.3 Å². The van der Waals surface area contributed by atoms with Crippen LogP contribution in [0.25, 0.3) is 0 Å². The van der Waals surface area contributed by atoms with Crippen LogP contribution in [-0.2, 0) is 21.3 Å². The van der Waals surface area contributed by atoms with Gasteiger partial charge in [-0.3, -0.25) is 0 Å². The third-order valence-electron chi connectivity index (χ3n) is 3.01. The standard InChI is InChI=1S/C14H23FN2O3S/c1-4-5-13(10-20-3)17-21(18,19)14-8-12(15)7-6-11(14)9-16-2/h6-8,13,16-17H,4-5,9-10H2,1-3H3. The Kier molecular flexibility index (Phi) is 7.24. The van der Waals surface area contributed by atoms with Crippen molar-refractivity contribution >= 4 is 10.0 Å². The molecular formula is C14H23FN2O3S. The van der Waals surface area contributed by atoms with Crippen molar-refractivity contribution in [3.05, 3.63) is 29.6 Å². The third-order valence-corrected chi connectivity index (χ3v) is 4.62. The smallest absolute Gasteiger partial charge is 0.241 e. The van der Waals surface area contributed by atoms with Gasteiger partial charge in [0.15, 0.2) is 0 Å². The van der Waals surface area contributed by atoms with Gasteiger partial charge in [0.25, 0.3) is 0 Å². The van der Waals surface area contributed by atoms with E-state index in [9.17, 15) is 12.8 Å². The van der Waals surface area contributed by atoms with Gasteiger partial charge in [-0.1, -0.05) is 19.4 Å². The molecule has 0 saturated heterocycles. The second-order valence-corrected chi connectivity index (χ2v) is 6.53. The zero-order chi connectivity index (χ0) is 15.9. The van der Waals surface area contributed by atoms with Crippen molar-refractivity contribution in [1.82, 2.24) is 10.0 Å². The molecule has 1 rings (SSSR count). The van der Waals surface area contributed by atoms with Crippen LogP contribution in [0, 0.1) is 5.82 Å². The van der Waals surface area contributed by atoms with Gasteiger partial charge in [0.2, 0.25) is 10.0 Å². The normalized spacial score (nSPS) is 13.3. The van der Waals surface area contributed by atoms with Crippen LogP contribution in [-0.4, -0.2) is 35.2 Å². The molecule has 0 aliphatic heterocycles. The summed E-state index contributed by atoms with van der Waals surface area (Å²) in [7, 11) is -0.563. The molecular weight excluding hydrogens is 295 g/mol. The van der Waals surface area contributed by atoms with Crippen molar-refractivity contribution in [2.75, 3.05) is 20.8 Å². The Labute approximate surface area is 125 Å². The summed E-state index contributed by atoms with van der Waals surface area (Å²) in [4.78, 5) is -0.0333. The van der Waals surface area contributed by atoms with Crippen molar-refractivity contribution in [1.29, 1.82) is 0 Å². The largest absolute Gasteiger partial charge is 0.383 e. The highest BCUT2D eigenvalue weighted by molar-refractivity contribution is 7.89. The van der Waals surface area contributed by atoms with Crippen LogP contribution < -0.4 is 10.0 Å². The van der Waals surface area contributed by atoms with E-state index >= 15 is 0 Å². The van der Waals surface area contributed by atoms with Gasteiger partial charge < -0.3 is 10.1 Å². The van der Waals surface area contributed by atoms with Crippen LogP contribution in [0.2, 0.25) is 0 Å². The lowest BCUT2D eigenvalue weighted by atomic mass is 10.2. The summed E-state index contributed by atoms with van der Waals surface area (Å²) in [6, 6.07) is 3.46. The first kappa shape index (κ1) is 18.0. The SMILES string of the molecule is CCCC(COC)NS(=O)(=O)c1cc(F)ccc1CNC. The number of sulfonamides is 1. The van der Waals surface area contributed by atoms with Gasteiger partial charge in [0.1, 0.15) is 5.82 Å². The number of hydrogen-bond acceptors (Lipinski definition) is 4. The summed E-state index contributed by atoms with van der Waals surface area (Å²) in [5.41, 5.74) is 0.527. The predicted octanol–water partition coefficient (Wildman–Crippen LogP) is 1.64. The number of methoxy groups -OCH3 is 1. The van der Waals surface area contributed by atoms with Crippen molar-refractivity contribution in [3.63, 3.8) is 0 Å². The maximum absolute atomic E-state index is 13.4. The number of ether oxygens (including phenoxy) is 1. The Hall–Kier alpha value is -1.02. The molecule has 0 bridgehead atoms. The molecule has 0 radical (unpaired) electrons. The average Bonchev–Trinajstić information content (AvgIpc) is 2.41. The summed E-state index contributed by atoms with van der Waals surface area (Å²) in [6.07, 6.45) is 1.48. The van der Waals surface area contributed by atoms with E-state index in [1.54, 1.807) is 7.05 Å². The minimum absolute atomic E-state index is 0.0333. The van der Waals surface area contributed by atoms with E-state index in [2.05, 4.69) is 10.0 Å². The zero-order valence-electron chi connectivity index (χ0n) is 12.6. The third kappa shape index (κ3) is 5.35. The molecule has 0 fully saturated rings. The number of halogens is 1. The minimum Gasteiger partial charge on any atom is -0.383 e. The van der Waals surface area contributed by atoms with E-state index in [0.717, 1.165) is 12.5 Å². The van der Waals surface area contributed by atoms with E-state index in [-0.39, 0.29) is 17.5 Å². The lowest BCUT2D eigenvalue weighted by Crippen LogP contribution is -2.38. The molecule has 21 heavy (non-hydrogen) atoms. The molecule has 5 nitrogen and oxygen atoms in total. The van der Waals surface area contributed by atoms with Crippen molar-refractivity contribution < 1.29 is 17.5 Å². The molecule has 0 spiro atoms. The summed E-state index contributed by atoms with van der Waals surface area (Å²) in [5, 5.41) is 2.88. The van der Waals surface area contributed by atoms with Gasteiger partial charge in [-0.05, 0) is 31.2 Å². The average molecular weight is 318 g/mol. The van der Waals surface area contributed by atoms with Gasteiger partial charge in [-0.2, -0.15) is 0 Å². The topological polar surface area (TPSA) is 67.4 Å². The molecule has 1 aromatic carbocycles. The molecule has 7 heteroatoms. The zero-order valence-corrected chi connectivity index (χ0v) is 13.5. The van der Waals surface area contributed by atoms with E-state index in [1.165, 1.54) is 19.2 Å². The predicted molar refractivity (Wildman–Crippen MR) is 80.1 cm³/mol. The van der Waals surface area contributed by atoms with Crippen LogP contribution >= 0.6 is 0 Å². The Morgan fingerprint density at radius 3 is 2.67 bits per heavy atom. The molecule has 0 aliphatic rings. The summed E-state index contributed by atoms with van der Waals surface area (Å²) < 4.78 is 46.0. The quantitative estimate of drug-likeness (QED) is 0.726. The second-order valence-electron chi connectivity index (χ2n) is 4.84. The number of hydrogen-bond donors (Lipinski definition) is 2. The van der Waals surface area contributed by atoms with E-state index < -0.39 is 15.8 Å². The molecule has 1 aromatic rings. The Bertz CT molecular complexity index is 543. The summed E-state index contributed by atoms with van der Waals surface area (Å²) in [5.74, 6) is -0.575. The first-order valence-electron chi connectivity index (χ1n) is 6.88. The molecule has 1 atom stereocenters. The van der Waals surface area contributed by atoms with Crippen molar-refractivity contribution in [2.45, 2.75) is 37.2 Å². The van der Waals surface area contributed by atoms with Crippen LogP contribution in [0.15, 0.2) is 23.1 Å². The van der Waals surface area contributed by atoms with Crippen LogP contribution in [0.4, 0.5) is 4.39 Å². The minimum atomic E-state index is -3.79. The molecule has 1 unspecified atom stereocenters. The van der Waals surface area contributed by atoms with E-state index in [4.69, 9.17) is 4.74 Å². The first-order valence-corrected chi connectivity index (χ1v) is 8.37. The highest BCUT2D eigenvalue weighted by Crippen LogP contribution is 2.18. The molecule has 120 valence electrons. The molecule has 0 aliphatic carbocycles. The number of nitrogens with one attached hydrogen (secondary N) is 2. The number of benzene rings is 1. The fourth-order valence-electron chi connectivity index (χ4n) is 2.12. The highest BCUT2D eigenvalue weighted by atomic mass is 32.2. The fraction of sp³-hybridized carbons (Fsp3) is 0.571. The van der Waals surface area contributed by atoms with Gasteiger partial charge in [-0.25, -0.2) is 17.5 Å². The van der Waals surface area contributed by atoms with Crippen molar-refractivity contribution in [2.24, 2.45) is 0 Å². The summed E-state index contributed by atoms with van der Waals surface area (Å²) in [6.45, 7) is 2.59. The Morgan fingerprint density at radius 1 is 1.38 bits per heavy atom. The lowest BCUT2D eigenvalue weighted by Gasteiger charge is -2.18. The van der Waals surface area contributed by atoms with Crippen LogP contribution in [0.5, 0.6) is 0 Å². The van der Waals surface area contributed by atoms with E-state index in [1.807, 2.05) is 6.92 Å². The maximum Gasteiger partial charge on any atom is 0.241 e. The summed E-state index contributed by atoms with van der Waals surface area (Å²) >= 11 is 0. The maximum atomic E-state index is 13.4. The van der Waals surface area contributed by atoms with Crippen LogP contribution in [0.3, 0.4) is 0 Å². The van der Waals surface area contributed by atoms with Gasteiger partial charge in [-0.15, -0.1) is 0 Å². The highest BCUT2D eigenvalue weighted by Gasteiger charge is 2.23. The first-order chi connectivity index (χ1) is 9.94. The van der Waals surface area contributed by atoms with E-state index in [0.29, 0.717) is 18.5 Å².